The van der Waals surface area contributed by atoms with Gasteiger partial charge < -0.3 is 4.52 Å². The van der Waals surface area contributed by atoms with Gasteiger partial charge in [0.05, 0.1) is 0 Å². The Labute approximate surface area is 101 Å². The molecule has 1 saturated carbocycles. The molecule has 2 heterocycles. The van der Waals surface area contributed by atoms with Crippen molar-refractivity contribution in [1.82, 2.24) is 20.4 Å². The summed E-state index contributed by atoms with van der Waals surface area (Å²) in [6.07, 6.45) is 0.953. The van der Waals surface area contributed by atoms with Crippen molar-refractivity contribution in [2.45, 2.75) is 26.3 Å². The number of carbonyl (C=O) groups excluding carboxylic acids is 3. The van der Waals surface area contributed by atoms with Crippen LogP contribution in [0.5, 0.6) is 0 Å². The van der Waals surface area contributed by atoms with E-state index in [-0.39, 0.29) is 12.4 Å². The van der Waals surface area contributed by atoms with Crippen molar-refractivity contribution in [2.24, 2.45) is 5.41 Å². The Kier molecular flexibility index (Phi) is 2.04. The number of amides is 4. The van der Waals surface area contributed by atoms with Crippen molar-refractivity contribution in [1.29, 1.82) is 0 Å². The predicted octanol–water partition coefficient (Wildman–Crippen LogP) is -0.263. The van der Waals surface area contributed by atoms with Gasteiger partial charge >= 0.3 is 6.03 Å². The van der Waals surface area contributed by atoms with Gasteiger partial charge in [-0.25, -0.2) is 4.79 Å². The molecule has 0 atom stereocenters. The number of nitrogens with one attached hydrogen (secondary N) is 1. The molecule has 0 radical (unpaired) electrons. The summed E-state index contributed by atoms with van der Waals surface area (Å²) in [7, 11) is 0. The van der Waals surface area contributed by atoms with Crippen LogP contribution in [0.2, 0.25) is 0 Å². The topological polar surface area (TPSA) is 105 Å². The number of urea groups is 1. The summed E-state index contributed by atoms with van der Waals surface area (Å²) >= 11 is 0. The molecule has 4 amide bonds. The third-order valence-electron chi connectivity index (χ3n) is 3.17. The number of imide groups is 2. The highest BCUT2D eigenvalue weighted by molar-refractivity contribution is 6.20. The Bertz CT molecular complexity index is 560. The standard InChI is InChI=1S/C10H10N4O4/c1-5-11-6(18-13-5)4-14-8(16)10(2-3-10)7(15)12-9(14)17/h2-4H2,1H3,(H,12,15,17). The molecule has 3 rings (SSSR count). The van der Waals surface area contributed by atoms with Crippen molar-refractivity contribution in [3.05, 3.63) is 11.7 Å². The molecule has 8 heteroatoms. The van der Waals surface area contributed by atoms with Gasteiger partial charge in [-0.05, 0) is 19.8 Å². The Hall–Kier alpha value is -2.25. The fraction of sp³-hybridized carbons (Fsp3) is 0.500. The van der Waals surface area contributed by atoms with E-state index in [0.717, 1.165) is 4.90 Å². The number of hydrogen-bond acceptors (Lipinski definition) is 6. The smallest absolute Gasteiger partial charge is 0.331 e. The molecule has 18 heavy (non-hydrogen) atoms. The van der Waals surface area contributed by atoms with E-state index in [1.54, 1.807) is 6.92 Å². The molecular formula is C10H10N4O4. The van der Waals surface area contributed by atoms with Crippen LogP contribution in [0.1, 0.15) is 24.6 Å². The molecule has 1 N–H and O–H groups in total. The largest absolute Gasteiger partial charge is 0.337 e. The number of hydrogen-bond donors (Lipinski definition) is 1. The minimum Gasteiger partial charge on any atom is -0.337 e. The summed E-state index contributed by atoms with van der Waals surface area (Å²) in [6.45, 7) is 1.53. The van der Waals surface area contributed by atoms with Crippen LogP contribution in [0, 0.1) is 12.3 Å². The van der Waals surface area contributed by atoms with Crippen LogP contribution in [-0.2, 0) is 16.1 Å². The number of aromatic nitrogens is 2. The molecule has 1 spiro atoms. The molecule has 0 aromatic carbocycles. The van der Waals surface area contributed by atoms with E-state index in [1.165, 1.54) is 0 Å². The second kappa shape index (κ2) is 3.37. The summed E-state index contributed by atoms with van der Waals surface area (Å²) in [5.74, 6) is -0.393. The van der Waals surface area contributed by atoms with Crippen molar-refractivity contribution >= 4 is 17.8 Å². The van der Waals surface area contributed by atoms with E-state index < -0.39 is 23.3 Å². The van der Waals surface area contributed by atoms with Crippen molar-refractivity contribution in [3.8, 4) is 0 Å². The first kappa shape index (κ1) is 10.9. The van der Waals surface area contributed by atoms with Gasteiger partial charge in [0.15, 0.2) is 5.82 Å². The highest BCUT2D eigenvalue weighted by Crippen LogP contribution is 2.49. The first-order valence-electron chi connectivity index (χ1n) is 5.49. The van der Waals surface area contributed by atoms with E-state index in [9.17, 15) is 14.4 Å². The Morgan fingerprint density at radius 3 is 2.67 bits per heavy atom. The minimum atomic E-state index is -1.04. The molecule has 0 bridgehead atoms. The fourth-order valence-electron chi connectivity index (χ4n) is 1.98. The number of rotatable bonds is 2. The monoisotopic (exact) mass is 250 g/mol. The average Bonchev–Trinajstić information content (AvgIpc) is 3.02. The van der Waals surface area contributed by atoms with E-state index in [2.05, 4.69) is 15.5 Å². The van der Waals surface area contributed by atoms with Crippen LogP contribution in [0.15, 0.2) is 4.52 Å². The van der Waals surface area contributed by atoms with Gasteiger partial charge in [-0.15, -0.1) is 0 Å². The normalized spacial score (nSPS) is 21.4. The van der Waals surface area contributed by atoms with Gasteiger partial charge in [-0.3, -0.25) is 19.8 Å². The van der Waals surface area contributed by atoms with Crippen molar-refractivity contribution in [3.63, 3.8) is 0 Å². The number of barbiturate groups is 1. The first-order chi connectivity index (χ1) is 8.53. The highest BCUT2D eigenvalue weighted by atomic mass is 16.5. The van der Waals surface area contributed by atoms with E-state index in [0.29, 0.717) is 18.7 Å². The maximum atomic E-state index is 12.1. The van der Waals surface area contributed by atoms with Gasteiger partial charge in [-0.1, -0.05) is 5.16 Å². The van der Waals surface area contributed by atoms with Gasteiger partial charge in [0.2, 0.25) is 17.7 Å². The summed E-state index contributed by atoms with van der Waals surface area (Å²) < 4.78 is 4.86. The average molecular weight is 250 g/mol. The molecule has 94 valence electrons. The van der Waals surface area contributed by atoms with Crippen LogP contribution in [-0.4, -0.2) is 32.9 Å². The number of nitrogens with zero attached hydrogens (tertiary/aromatic N) is 3. The van der Waals surface area contributed by atoms with Crippen molar-refractivity contribution in [2.75, 3.05) is 0 Å². The lowest BCUT2D eigenvalue weighted by Crippen LogP contribution is -2.58. The zero-order chi connectivity index (χ0) is 12.9. The second-order valence-corrected chi connectivity index (χ2v) is 4.47. The van der Waals surface area contributed by atoms with Crippen LogP contribution in [0.3, 0.4) is 0 Å². The highest BCUT2D eigenvalue weighted by Gasteiger charge is 2.62. The predicted molar refractivity (Wildman–Crippen MR) is 54.8 cm³/mol. The van der Waals surface area contributed by atoms with E-state index in [4.69, 9.17) is 4.52 Å². The molecular weight excluding hydrogens is 240 g/mol. The van der Waals surface area contributed by atoms with E-state index >= 15 is 0 Å². The van der Waals surface area contributed by atoms with Crippen LogP contribution in [0.4, 0.5) is 4.79 Å². The zero-order valence-electron chi connectivity index (χ0n) is 9.60. The molecule has 0 unspecified atom stereocenters. The Balaban J connectivity index is 1.85. The molecule has 1 aromatic heterocycles. The third kappa shape index (κ3) is 1.41. The quantitative estimate of drug-likeness (QED) is 0.725. The van der Waals surface area contributed by atoms with Gasteiger partial charge in [0.25, 0.3) is 0 Å². The van der Waals surface area contributed by atoms with Crippen LogP contribution >= 0.6 is 0 Å². The number of carbonyl (C=O) groups is 3. The number of aryl methyl sites for hydroxylation is 1. The fourth-order valence-corrected chi connectivity index (χ4v) is 1.98. The van der Waals surface area contributed by atoms with Crippen LogP contribution < -0.4 is 5.32 Å². The zero-order valence-corrected chi connectivity index (χ0v) is 9.60. The maximum absolute atomic E-state index is 12.1. The summed E-state index contributed by atoms with van der Waals surface area (Å²) in [5.41, 5.74) is -1.04. The maximum Gasteiger partial charge on any atom is 0.331 e. The lowest BCUT2D eigenvalue weighted by atomic mass is 10.0. The second-order valence-electron chi connectivity index (χ2n) is 4.47. The lowest BCUT2D eigenvalue weighted by Gasteiger charge is -2.28. The molecule has 2 aliphatic rings. The van der Waals surface area contributed by atoms with Gasteiger partial charge in [0.1, 0.15) is 12.0 Å². The Morgan fingerprint density at radius 2 is 2.11 bits per heavy atom. The van der Waals surface area contributed by atoms with Gasteiger partial charge in [0, 0.05) is 0 Å². The summed E-state index contributed by atoms with van der Waals surface area (Å²) in [6, 6.07) is -0.738. The van der Waals surface area contributed by atoms with Gasteiger partial charge in [-0.2, -0.15) is 4.98 Å². The molecule has 2 fully saturated rings. The molecule has 8 nitrogen and oxygen atoms in total. The minimum absolute atomic E-state index is 0.111. The Morgan fingerprint density at radius 1 is 1.39 bits per heavy atom. The lowest BCUT2D eigenvalue weighted by molar-refractivity contribution is -0.145. The SMILES string of the molecule is Cc1noc(CN2C(=O)NC(=O)C3(CC3)C2=O)n1. The molecule has 1 aliphatic heterocycles. The van der Waals surface area contributed by atoms with Crippen molar-refractivity contribution < 1.29 is 18.9 Å². The molecule has 1 aromatic rings. The first-order valence-corrected chi connectivity index (χ1v) is 5.49. The summed E-state index contributed by atoms with van der Waals surface area (Å²) in [5, 5.41) is 5.75. The molecule has 1 aliphatic carbocycles. The van der Waals surface area contributed by atoms with E-state index in [1.807, 2.05) is 0 Å². The molecule has 1 saturated heterocycles. The van der Waals surface area contributed by atoms with Crippen LogP contribution in [0.25, 0.3) is 0 Å². The summed E-state index contributed by atoms with van der Waals surface area (Å²) in [4.78, 5) is 40.2. The third-order valence-corrected chi connectivity index (χ3v) is 3.17.